The highest BCUT2D eigenvalue weighted by Crippen LogP contribution is 2.15. The molecular formula is C16H15NO. The van der Waals surface area contributed by atoms with Crippen LogP contribution in [0.4, 0.5) is 0 Å². The topological polar surface area (TPSA) is 21.6 Å². The average Bonchev–Trinajstić information content (AvgIpc) is 2.89. The van der Waals surface area contributed by atoms with E-state index in [0.717, 1.165) is 17.9 Å². The second-order valence-corrected chi connectivity index (χ2v) is 4.45. The third-order valence-corrected chi connectivity index (χ3v) is 3.05. The molecule has 90 valence electrons. The van der Waals surface area contributed by atoms with Crippen LogP contribution in [0.2, 0.25) is 0 Å². The van der Waals surface area contributed by atoms with E-state index < -0.39 is 0 Å². The van der Waals surface area contributed by atoms with Crippen molar-refractivity contribution >= 4 is 5.90 Å². The summed E-state index contributed by atoms with van der Waals surface area (Å²) in [5.41, 5.74) is 2.37. The Morgan fingerprint density at radius 1 is 0.944 bits per heavy atom. The maximum Gasteiger partial charge on any atom is 0.216 e. The first-order chi connectivity index (χ1) is 8.92. The van der Waals surface area contributed by atoms with Crippen molar-refractivity contribution in [3.63, 3.8) is 0 Å². The molecule has 2 aromatic rings. The number of benzene rings is 2. The maximum absolute atomic E-state index is 5.67. The number of nitrogens with zero attached hydrogens (tertiary/aromatic N) is 1. The first-order valence-electron chi connectivity index (χ1n) is 6.22. The van der Waals surface area contributed by atoms with E-state index in [2.05, 4.69) is 29.3 Å². The molecule has 0 N–H and O–H groups in total. The van der Waals surface area contributed by atoms with Crippen LogP contribution in [0.25, 0.3) is 0 Å². The summed E-state index contributed by atoms with van der Waals surface area (Å²) in [6, 6.07) is 20.7. The quantitative estimate of drug-likeness (QED) is 0.804. The summed E-state index contributed by atoms with van der Waals surface area (Å²) in [5.74, 6) is 0.775. The SMILES string of the molecule is c1ccc(CC2COC(c3ccccc3)=N2)cc1. The van der Waals surface area contributed by atoms with Crippen LogP contribution >= 0.6 is 0 Å². The minimum atomic E-state index is 0.239. The van der Waals surface area contributed by atoms with Crippen molar-refractivity contribution in [2.24, 2.45) is 4.99 Å². The van der Waals surface area contributed by atoms with E-state index in [1.165, 1.54) is 5.56 Å². The van der Waals surface area contributed by atoms with Gasteiger partial charge in [-0.3, -0.25) is 0 Å². The van der Waals surface area contributed by atoms with E-state index in [9.17, 15) is 0 Å². The Balaban J connectivity index is 1.73. The summed E-state index contributed by atoms with van der Waals surface area (Å²) in [6.07, 6.45) is 0.942. The van der Waals surface area contributed by atoms with Gasteiger partial charge in [0.1, 0.15) is 6.61 Å². The van der Waals surface area contributed by atoms with Gasteiger partial charge >= 0.3 is 0 Å². The summed E-state index contributed by atoms with van der Waals surface area (Å²) >= 11 is 0. The highest BCUT2D eigenvalue weighted by molar-refractivity contribution is 5.95. The van der Waals surface area contributed by atoms with Gasteiger partial charge in [0.05, 0.1) is 6.04 Å². The molecular weight excluding hydrogens is 222 g/mol. The molecule has 2 aromatic carbocycles. The lowest BCUT2D eigenvalue weighted by atomic mass is 10.1. The third kappa shape index (κ3) is 2.43. The number of hydrogen-bond acceptors (Lipinski definition) is 2. The van der Waals surface area contributed by atoms with Gasteiger partial charge in [0.15, 0.2) is 0 Å². The van der Waals surface area contributed by atoms with Gasteiger partial charge in [0.2, 0.25) is 5.90 Å². The highest BCUT2D eigenvalue weighted by Gasteiger charge is 2.19. The summed E-state index contributed by atoms with van der Waals surface area (Å²) in [5, 5.41) is 0. The lowest BCUT2D eigenvalue weighted by Crippen LogP contribution is -2.09. The summed E-state index contributed by atoms with van der Waals surface area (Å²) in [6.45, 7) is 0.680. The molecule has 0 spiro atoms. The van der Waals surface area contributed by atoms with Crippen LogP contribution in [0.1, 0.15) is 11.1 Å². The van der Waals surface area contributed by atoms with Crippen molar-refractivity contribution in [1.29, 1.82) is 0 Å². The molecule has 0 saturated carbocycles. The number of hydrogen-bond donors (Lipinski definition) is 0. The molecule has 0 amide bonds. The monoisotopic (exact) mass is 237 g/mol. The fourth-order valence-corrected chi connectivity index (χ4v) is 2.14. The molecule has 2 heteroatoms. The average molecular weight is 237 g/mol. The first kappa shape index (κ1) is 11.0. The zero-order chi connectivity index (χ0) is 12.2. The molecule has 3 rings (SSSR count). The van der Waals surface area contributed by atoms with Crippen molar-refractivity contribution in [1.82, 2.24) is 0 Å². The van der Waals surface area contributed by atoms with Crippen LogP contribution in [0, 0.1) is 0 Å². The predicted octanol–water partition coefficient (Wildman–Crippen LogP) is 3.07. The second-order valence-electron chi connectivity index (χ2n) is 4.45. The van der Waals surface area contributed by atoms with Crippen molar-refractivity contribution in [3.8, 4) is 0 Å². The van der Waals surface area contributed by atoms with Gasteiger partial charge in [-0.15, -0.1) is 0 Å². The number of rotatable bonds is 3. The van der Waals surface area contributed by atoms with E-state index in [1.54, 1.807) is 0 Å². The molecule has 0 radical (unpaired) electrons. The van der Waals surface area contributed by atoms with Gasteiger partial charge in [-0.25, -0.2) is 4.99 Å². The molecule has 18 heavy (non-hydrogen) atoms. The molecule has 0 saturated heterocycles. The largest absolute Gasteiger partial charge is 0.475 e. The Hall–Kier alpha value is -2.09. The minimum absolute atomic E-state index is 0.239. The van der Waals surface area contributed by atoms with Crippen molar-refractivity contribution in [2.75, 3.05) is 6.61 Å². The zero-order valence-corrected chi connectivity index (χ0v) is 10.1. The van der Waals surface area contributed by atoms with Crippen LogP contribution in [0.5, 0.6) is 0 Å². The Bertz CT molecular complexity index is 534. The van der Waals surface area contributed by atoms with Crippen molar-refractivity contribution in [2.45, 2.75) is 12.5 Å². The smallest absolute Gasteiger partial charge is 0.216 e. The van der Waals surface area contributed by atoms with Crippen molar-refractivity contribution < 1.29 is 4.74 Å². The van der Waals surface area contributed by atoms with Crippen LogP contribution in [0.3, 0.4) is 0 Å². The number of aliphatic imine (C=N–C) groups is 1. The molecule has 1 unspecified atom stereocenters. The Labute approximate surface area is 107 Å². The molecule has 0 fully saturated rings. The Kier molecular flexibility index (Phi) is 3.09. The van der Waals surface area contributed by atoms with Gasteiger partial charge in [0.25, 0.3) is 0 Å². The molecule has 0 bridgehead atoms. The van der Waals surface area contributed by atoms with Crippen LogP contribution in [-0.4, -0.2) is 18.5 Å². The van der Waals surface area contributed by atoms with Gasteiger partial charge in [-0.1, -0.05) is 48.5 Å². The summed E-state index contributed by atoms with van der Waals surface area (Å²) < 4.78 is 5.67. The van der Waals surface area contributed by atoms with Crippen LogP contribution in [-0.2, 0) is 11.2 Å². The molecule has 1 atom stereocenters. The lowest BCUT2D eigenvalue weighted by Gasteiger charge is -2.03. The van der Waals surface area contributed by atoms with Gasteiger partial charge in [-0.2, -0.15) is 0 Å². The van der Waals surface area contributed by atoms with E-state index in [-0.39, 0.29) is 6.04 Å². The molecule has 2 nitrogen and oxygen atoms in total. The number of ether oxygens (including phenoxy) is 1. The minimum Gasteiger partial charge on any atom is -0.475 e. The zero-order valence-electron chi connectivity index (χ0n) is 10.1. The fourth-order valence-electron chi connectivity index (χ4n) is 2.14. The molecule has 0 aliphatic carbocycles. The molecule has 1 aliphatic heterocycles. The van der Waals surface area contributed by atoms with Crippen LogP contribution < -0.4 is 0 Å². The summed E-state index contributed by atoms with van der Waals surface area (Å²) in [7, 11) is 0. The third-order valence-electron chi connectivity index (χ3n) is 3.05. The van der Waals surface area contributed by atoms with Crippen molar-refractivity contribution in [3.05, 3.63) is 71.8 Å². The standard InChI is InChI=1S/C16H15NO/c1-3-7-13(8-4-1)11-15-12-18-16(17-15)14-9-5-2-6-10-14/h1-10,15H,11-12H2. The van der Waals surface area contributed by atoms with E-state index in [4.69, 9.17) is 4.74 Å². The second kappa shape index (κ2) is 5.05. The predicted molar refractivity (Wildman–Crippen MR) is 72.9 cm³/mol. The van der Waals surface area contributed by atoms with Gasteiger partial charge in [0, 0.05) is 5.56 Å². The van der Waals surface area contributed by atoms with E-state index in [0.29, 0.717) is 6.61 Å². The molecule has 1 aliphatic rings. The normalized spacial score (nSPS) is 18.2. The Morgan fingerprint density at radius 3 is 2.33 bits per heavy atom. The first-order valence-corrected chi connectivity index (χ1v) is 6.22. The molecule has 1 heterocycles. The van der Waals surface area contributed by atoms with Crippen LogP contribution in [0.15, 0.2) is 65.7 Å². The highest BCUT2D eigenvalue weighted by atomic mass is 16.5. The maximum atomic E-state index is 5.67. The van der Waals surface area contributed by atoms with Gasteiger partial charge in [-0.05, 0) is 24.1 Å². The van der Waals surface area contributed by atoms with E-state index in [1.807, 2.05) is 36.4 Å². The molecule has 0 aromatic heterocycles. The lowest BCUT2D eigenvalue weighted by molar-refractivity contribution is 0.317. The fraction of sp³-hybridized carbons (Fsp3) is 0.188. The Morgan fingerprint density at radius 2 is 1.61 bits per heavy atom. The van der Waals surface area contributed by atoms with E-state index >= 15 is 0 Å². The van der Waals surface area contributed by atoms with Gasteiger partial charge < -0.3 is 4.74 Å². The summed E-state index contributed by atoms with van der Waals surface area (Å²) in [4.78, 5) is 4.65.